The summed E-state index contributed by atoms with van der Waals surface area (Å²) in [5.41, 5.74) is 8.27. The molecule has 22 heavy (non-hydrogen) atoms. The average molecular weight is 302 g/mol. The molecule has 2 N–H and O–H groups in total. The molecular formula is C17H26N4O. The number of guanidine groups is 1. The second kappa shape index (κ2) is 7.82. The van der Waals surface area contributed by atoms with Crippen molar-refractivity contribution in [3.63, 3.8) is 0 Å². The van der Waals surface area contributed by atoms with Crippen molar-refractivity contribution in [3.05, 3.63) is 35.4 Å². The molecular weight excluding hydrogens is 276 g/mol. The number of hydrogen-bond acceptors (Lipinski definition) is 2. The summed E-state index contributed by atoms with van der Waals surface area (Å²) in [5.74, 6) is 0.859. The van der Waals surface area contributed by atoms with Gasteiger partial charge in [0.25, 0.3) is 0 Å². The van der Waals surface area contributed by atoms with Gasteiger partial charge in [-0.1, -0.05) is 24.3 Å². The summed E-state index contributed by atoms with van der Waals surface area (Å²) in [5, 5.41) is 0. The van der Waals surface area contributed by atoms with Crippen LogP contribution in [0.25, 0.3) is 0 Å². The topological polar surface area (TPSA) is 61.9 Å². The van der Waals surface area contributed by atoms with Crippen LogP contribution in [0.3, 0.4) is 0 Å². The number of carbonyl (C=O) groups is 1. The Morgan fingerprint density at radius 3 is 2.41 bits per heavy atom. The summed E-state index contributed by atoms with van der Waals surface area (Å²) in [6.07, 6.45) is 1.67. The Kier molecular flexibility index (Phi) is 5.81. The molecule has 120 valence electrons. The van der Waals surface area contributed by atoms with Crippen molar-refractivity contribution in [2.75, 3.05) is 19.6 Å². The minimum Gasteiger partial charge on any atom is -0.370 e. The molecule has 1 aliphatic rings. The molecule has 2 rings (SSSR count). The molecule has 0 bridgehead atoms. The highest BCUT2D eigenvalue weighted by Crippen LogP contribution is 2.15. The Hall–Kier alpha value is -2.04. The van der Waals surface area contributed by atoms with E-state index in [1.165, 1.54) is 5.56 Å². The van der Waals surface area contributed by atoms with Crippen LogP contribution in [0.4, 0.5) is 0 Å². The first-order valence-electron chi connectivity index (χ1n) is 8.04. The van der Waals surface area contributed by atoms with Crippen molar-refractivity contribution in [1.29, 1.82) is 0 Å². The van der Waals surface area contributed by atoms with Crippen LogP contribution in [0, 0.1) is 0 Å². The molecule has 1 amide bonds. The number of likely N-dealkylation sites (tertiary alicyclic amines) is 1. The SMILES string of the molecule is CCN(CC)C(N)=NCc1ccc(CN2CCCC2=O)cc1. The summed E-state index contributed by atoms with van der Waals surface area (Å²) in [4.78, 5) is 20.0. The molecule has 5 heteroatoms. The van der Waals surface area contributed by atoms with Gasteiger partial charge in [-0.15, -0.1) is 0 Å². The Morgan fingerprint density at radius 1 is 1.23 bits per heavy atom. The highest BCUT2D eigenvalue weighted by Gasteiger charge is 2.19. The zero-order valence-electron chi connectivity index (χ0n) is 13.6. The number of hydrogen-bond donors (Lipinski definition) is 1. The maximum Gasteiger partial charge on any atom is 0.222 e. The molecule has 1 heterocycles. The molecule has 1 saturated heterocycles. The van der Waals surface area contributed by atoms with E-state index in [0.717, 1.165) is 31.6 Å². The van der Waals surface area contributed by atoms with E-state index < -0.39 is 0 Å². The minimum atomic E-state index is 0.265. The van der Waals surface area contributed by atoms with E-state index in [1.807, 2.05) is 9.80 Å². The summed E-state index contributed by atoms with van der Waals surface area (Å²) in [7, 11) is 0. The number of nitrogens with zero attached hydrogens (tertiary/aromatic N) is 3. The van der Waals surface area contributed by atoms with E-state index in [0.29, 0.717) is 25.5 Å². The van der Waals surface area contributed by atoms with E-state index in [2.05, 4.69) is 43.1 Å². The number of rotatable bonds is 6. The third kappa shape index (κ3) is 4.23. The van der Waals surface area contributed by atoms with Gasteiger partial charge in [-0.3, -0.25) is 4.79 Å². The largest absolute Gasteiger partial charge is 0.370 e. The zero-order valence-corrected chi connectivity index (χ0v) is 13.6. The predicted molar refractivity (Wildman–Crippen MR) is 89.3 cm³/mol. The van der Waals surface area contributed by atoms with E-state index in [4.69, 9.17) is 5.73 Å². The van der Waals surface area contributed by atoms with Crippen molar-refractivity contribution in [3.8, 4) is 0 Å². The number of benzene rings is 1. The van der Waals surface area contributed by atoms with Gasteiger partial charge in [-0.25, -0.2) is 4.99 Å². The number of nitrogens with two attached hydrogens (primary N) is 1. The molecule has 1 fully saturated rings. The van der Waals surface area contributed by atoms with Crippen molar-refractivity contribution >= 4 is 11.9 Å². The van der Waals surface area contributed by atoms with Crippen LogP contribution < -0.4 is 5.73 Å². The quantitative estimate of drug-likeness (QED) is 0.645. The molecule has 1 aromatic carbocycles. The van der Waals surface area contributed by atoms with Gasteiger partial charge in [0.1, 0.15) is 0 Å². The first-order valence-corrected chi connectivity index (χ1v) is 8.04. The third-order valence-corrected chi connectivity index (χ3v) is 4.08. The van der Waals surface area contributed by atoms with E-state index in [9.17, 15) is 4.79 Å². The van der Waals surface area contributed by atoms with E-state index >= 15 is 0 Å². The molecule has 5 nitrogen and oxygen atoms in total. The Bertz CT molecular complexity index is 520. The van der Waals surface area contributed by atoms with Gasteiger partial charge < -0.3 is 15.5 Å². The van der Waals surface area contributed by atoms with Crippen LogP contribution >= 0.6 is 0 Å². The lowest BCUT2D eigenvalue weighted by Crippen LogP contribution is -2.37. The minimum absolute atomic E-state index is 0.265. The molecule has 0 atom stereocenters. The maximum atomic E-state index is 11.6. The second-order valence-electron chi connectivity index (χ2n) is 5.58. The molecule has 1 aromatic rings. The lowest BCUT2D eigenvalue weighted by Gasteiger charge is -2.19. The number of aliphatic imine (C=N–C) groups is 1. The van der Waals surface area contributed by atoms with Crippen LogP contribution in [0.1, 0.15) is 37.8 Å². The molecule has 1 aliphatic heterocycles. The van der Waals surface area contributed by atoms with Gasteiger partial charge in [0, 0.05) is 32.6 Å². The van der Waals surface area contributed by atoms with Crippen molar-refractivity contribution < 1.29 is 4.79 Å². The second-order valence-corrected chi connectivity index (χ2v) is 5.58. The standard InChI is InChI=1S/C17H26N4O/c1-3-20(4-2)17(18)19-12-14-7-9-15(10-8-14)13-21-11-5-6-16(21)22/h7-10H,3-6,11-13H2,1-2H3,(H2,18,19). The normalized spacial score (nSPS) is 15.5. The first-order chi connectivity index (χ1) is 10.6. The fourth-order valence-corrected chi connectivity index (χ4v) is 2.66. The summed E-state index contributed by atoms with van der Waals surface area (Å²) in [6.45, 7) is 8.06. The smallest absolute Gasteiger partial charge is 0.222 e. The number of amides is 1. The van der Waals surface area contributed by atoms with E-state index in [-0.39, 0.29) is 5.91 Å². The lowest BCUT2D eigenvalue weighted by atomic mass is 10.1. The van der Waals surface area contributed by atoms with Crippen LogP contribution in [0.5, 0.6) is 0 Å². The molecule has 0 spiro atoms. The van der Waals surface area contributed by atoms with Crippen molar-refractivity contribution in [1.82, 2.24) is 9.80 Å². The van der Waals surface area contributed by atoms with Gasteiger partial charge in [0.2, 0.25) is 5.91 Å². The van der Waals surface area contributed by atoms with Gasteiger partial charge in [0.05, 0.1) is 6.54 Å². The fourth-order valence-electron chi connectivity index (χ4n) is 2.66. The molecule has 0 unspecified atom stereocenters. The molecule has 0 radical (unpaired) electrons. The first kappa shape index (κ1) is 16.3. The van der Waals surface area contributed by atoms with Gasteiger partial charge >= 0.3 is 0 Å². The summed E-state index contributed by atoms with van der Waals surface area (Å²) in [6, 6.07) is 8.28. The lowest BCUT2D eigenvalue weighted by molar-refractivity contribution is -0.128. The molecule has 0 aliphatic carbocycles. The monoisotopic (exact) mass is 302 g/mol. The summed E-state index contributed by atoms with van der Waals surface area (Å²) < 4.78 is 0. The predicted octanol–water partition coefficient (Wildman–Crippen LogP) is 1.97. The van der Waals surface area contributed by atoms with Crippen LogP contribution in [-0.2, 0) is 17.9 Å². The van der Waals surface area contributed by atoms with E-state index in [1.54, 1.807) is 0 Å². The zero-order chi connectivity index (χ0) is 15.9. The van der Waals surface area contributed by atoms with Crippen molar-refractivity contribution in [2.45, 2.75) is 39.8 Å². The Balaban J connectivity index is 1.91. The highest BCUT2D eigenvalue weighted by atomic mass is 16.2. The Morgan fingerprint density at radius 2 is 1.86 bits per heavy atom. The average Bonchev–Trinajstić information content (AvgIpc) is 2.93. The van der Waals surface area contributed by atoms with Crippen LogP contribution in [-0.4, -0.2) is 41.3 Å². The highest BCUT2D eigenvalue weighted by molar-refractivity contribution is 5.78. The third-order valence-electron chi connectivity index (χ3n) is 4.08. The maximum absolute atomic E-state index is 11.6. The van der Waals surface area contributed by atoms with Gasteiger partial charge in [-0.05, 0) is 31.4 Å². The van der Waals surface area contributed by atoms with Gasteiger partial charge in [-0.2, -0.15) is 0 Å². The van der Waals surface area contributed by atoms with Gasteiger partial charge in [0.15, 0.2) is 5.96 Å². The Labute approximate surface area is 132 Å². The summed E-state index contributed by atoms with van der Waals surface area (Å²) >= 11 is 0. The fraction of sp³-hybridized carbons (Fsp3) is 0.529. The van der Waals surface area contributed by atoms with Crippen LogP contribution in [0.2, 0.25) is 0 Å². The van der Waals surface area contributed by atoms with Crippen molar-refractivity contribution in [2.24, 2.45) is 10.7 Å². The molecule has 0 saturated carbocycles. The van der Waals surface area contributed by atoms with Crippen LogP contribution in [0.15, 0.2) is 29.3 Å². The molecule has 0 aromatic heterocycles. The number of carbonyl (C=O) groups excluding carboxylic acids is 1.